The summed E-state index contributed by atoms with van der Waals surface area (Å²) >= 11 is 5.84. The van der Waals surface area contributed by atoms with Crippen LogP contribution in [-0.2, 0) is 16.6 Å². The maximum absolute atomic E-state index is 12.5. The van der Waals surface area contributed by atoms with Gasteiger partial charge in [0, 0.05) is 23.3 Å². The molecule has 0 spiro atoms. The summed E-state index contributed by atoms with van der Waals surface area (Å²) in [6.45, 7) is 3.87. The standard InChI is InChI=1S/C17H18ClNO3/c1-4-22-17(21)11(2)14-9-10-15(19(14)3)16(20)12-5-7-13(18)8-6-12/h5-11H,4H2,1-3H3. The van der Waals surface area contributed by atoms with Crippen LogP contribution in [0.4, 0.5) is 0 Å². The Morgan fingerprint density at radius 1 is 1.18 bits per heavy atom. The van der Waals surface area contributed by atoms with Gasteiger partial charge in [-0.3, -0.25) is 9.59 Å². The van der Waals surface area contributed by atoms with Crippen LogP contribution in [0.2, 0.25) is 5.02 Å². The largest absolute Gasteiger partial charge is 0.465 e. The molecule has 0 bridgehead atoms. The molecule has 0 saturated heterocycles. The lowest BCUT2D eigenvalue weighted by Gasteiger charge is -2.13. The number of aromatic nitrogens is 1. The van der Waals surface area contributed by atoms with Gasteiger partial charge >= 0.3 is 5.97 Å². The molecule has 5 heteroatoms. The molecule has 0 aliphatic heterocycles. The Hall–Kier alpha value is -2.07. The predicted molar refractivity (Wildman–Crippen MR) is 85.3 cm³/mol. The molecule has 4 nitrogen and oxygen atoms in total. The lowest BCUT2D eigenvalue weighted by Crippen LogP contribution is -2.17. The Kier molecular flexibility index (Phi) is 5.03. The van der Waals surface area contributed by atoms with Crippen molar-refractivity contribution < 1.29 is 14.3 Å². The first-order chi connectivity index (χ1) is 10.5. The summed E-state index contributed by atoms with van der Waals surface area (Å²) in [5.41, 5.74) is 1.82. The first-order valence-electron chi connectivity index (χ1n) is 7.08. The highest BCUT2D eigenvalue weighted by molar-refractivity contribution is 6.30. The molecule has 2 aromatic rings. The van der Waals surface area contributed by atoms with E-state index in [2.05, 4.69) is 0 Å². The van der Waals surface area contributed by atoms with E-state index >= 15 is 0 Å². The van der Waals surface area contributed by atoms with Crippen molar-refractivity contribution in [3.63, 3.8) is 0 Å². The molecule has 0 N–H and O–H groups in total. The van der Waals surface area contributed by atoms with E-state index in [1.54, 1.807) is 61.9 Å². The van der Waals surface area contributed by atoms with Gasteiger partial charge in [-0.15, -0.1) is 0 Å². The van der Waals surface area contributed by atoms with E-state index in [1.165, 1.54) is 0 Å². The SMILES string of the molecule is CCOC(=O)C(C)c1ccc(C(=O)c2ccc(Cl)cc2)n1C. The predicted octanol–water partition coefficient (Wildman–Crippen LogP) is 3.58. The van der Waals surface area contributed by atoms with Gasteiger partial charge in [-0.1, -0.05) is 11.6 Å². The third-order valence-corrected chi connectivity index (χ3v) is 3.84. The molecular weight excluding hydrogens is 302 g/mol. The van der Waals surface area contributed by atoms with Crippen molar-refractivity contribution >= 4 is 23.4 Å². The second-order valence-corrected chi connectivity index (χ2v) is 5.45. The summed E-state index contributed by atoms with van der Waals surface area (Å²) in [5, 5.41) is 0.583. The number of ether oxygens (including phenoxy) is 1. The molecule has 2 rings (SSSR count). The number of benzene rings is 1. The van der Waals surface area contributed by atoms with Crippen LogP contribution in [0.1, 0.15) is 41.5 Å². The van der Waals surface area contributed by atoms with Crippen molar-refractivity contribution in [1.82, 2.24) is 4.57 Å². The monoisotopic (exact) mass is 319 g/mol. The summed E-state index contributed by atoms with van der Waals surface area (Å²) in [4.78, 5) is 24.4. The highest BCUT2D eigenvalue weighted by atomic mass is 35.5. The fraction of sp³-hybridized carbons (Fsp3) is 0.294. The number of halogens is 1. The fourth-order valence-electron chi connectivity index (χ4n) is 2.33. The van der Waals surface area contributed by atoms with Crippen molar-refractivity contribution in [1.29, 1.82) is 0 Å². The number of esters is 1. The van der Waals surface area contributed by atoms with Gasteiger partial charge in [-0.2, -0.15) is 0 Å². The van der Waals surface area contributed by atoms with Crippen molar-refractivity contribution in [2.75, 3.05) is 6.61 Å². The van der Waals surface area contributed by atoms with E-state index in [0.29, 0.717) is 22.9 Å². The quantitative estimate of drug-likeness (QED) is 0.625. The lowest BCUT2D eigenvalue weighted by atomic mass is 10.1. The van der Waals surface area contributed by atoms with Crippen LogP contribution in [0, 0.1) is 0 Å². The smallest absolute Gasteiger partial charge is 0.314 e. The van der Waals surface area contributed by atoms with Crippen LogP contribution in [0.15, 0.2) is 36.4 Å². The molecular formula is C17H18ClNO3. The Labute approximate surface area is 134 Å². The van der Waals surface area contributed by atoms with Crippen LogP contribution in [0.25, 0.3) is 0 Å². The molecule has 116 valence electrons. The van der Waals surface area contributed by atoms with Crippen LogP contribution in [0.5, 0.6) is 0 Å². The van der Waals surface area contributed by atoms with Gasteiger partial charge in [0.05, 0.1) is 18.2 Å². The number of carbonyl (C=O) groups excluding carboxylic acids is 2. The zero-order chi connectivity index (χ0) is 16.3. The Morgan fingerprint density at radius 3 is 2.41 bits per heavy atom. The first-order valence-corrected chi connectivity index (χ1v) is 7.46. The van der Waals surface area contributed by atoms with E-state index in [4.69, 9.17) is 16.3 Å². The number of carbonyl (C=O) groups is 2. The second kappa shape index (κ2) is 6.79. The number of hydrogen-bond donors (Lipinski definition) is 0. The van der Waals surface area contributed by atoms with Gasteiger partial charge in [0.1, 0.15) is 0 Å². The Balaban J connectivity index is 2.29. The molecule has 0 saturated carbocycles. The van der Waals surface area contributed by atoms with Gasteiger partial charge < -0.3 is 9.30 Å². The molecule has 1 unspecified atom stereocenters. The van der Waals surface area contributed by atoms with E-state index in [-0.39, 0.29) is 11.8 Å². The van der Waals surface area contributed by atoms with Crippen molar-refractivity contribution in [3.05, 3.63) is 58.4 Å². The average Bonchev–Trinajstić information content (AvgIpc) is 2.88. The van der Waals surface area contributed by atoms with Gasteiger partial charge in [0.25, 0.3) is 0 Å². The molecule has 1 heterocycles. The normalized spacial score (nSPS) is 12.0. The minimum Gasteiger partial charge on any atom is -0.465 e. The minimum absolute atomic E-state index is 0.110. The third kappa shape index (κ3) is 3.22. The van der Waals surface area contributed by atoms with E-state index in [1.807, 2.05) is 0 Å². The summed E-state index contributed by atoms with van der Waals surface area (Å²) in [5.74, 6) is -0.826. The van der Waals surface area contributed by atoms with Gasteiger partial charge in [-0.25, -0.2) is 0 Å². The van der Waals surface area contributed by atoms with Gasteiger partial charge in [-0.05, 0) is 50.2 Å². The second-order valence-electron chi connectivity index (χ2n) is 5.01. The maximum Gasteiger partial charge on any atom is 0.314 e. The number of hydrogen-bond acceptors (Lipinski definition) is 3. The van der Waals surface area contributed by atoms with Crippen molar-refractivity contribution in [2.24, 2.45) is 7.05 Å². The molecule has 1 aromatic carbocycles. The van der Waals surface area contributed by atoms with E-state index in [0.717, 1.165) is 5.69 Å². The van der Waals surface area contributed by atoms with Crippen LogP contribution in [0.3, 0.4) is 0 Å². The van der Waals surface area contributed by atoms with Crippen molar-refractivity contribution in [3.8, 4) is 0 Å². The summed E-state index contributed by atoms with van der Waals surface area (Å²) in [6.07, 6.45) is 0. The molecule has 0 aliphatic carbocycles. The molecule has 1 atom stereocenters. The lowest BCUT2D eigenvalue weighted by molar-refractivity contribution is -0.144. The van der Waals surface area contributed by atoms with E-state index < -0.39 is 5.92 Å². The zero-order valence-corrected chi connectivity index (χ0v) is 13.6. The molecule has 0 aliphatic rings. The summed E-state index contributed by atoms with van der Waals surface area (Å²) < 4.78 is 6.76. The summed E-state index contributed by atoms with van der Waals surface area (Å²) in [6, 6.07) is 10.2. The third-order valence-electron chi connectivity index (χ3n) is 3.58. The highest BCUT2D eigenvalue weighted by Crippen LogP contribution is 2.21. The highest BCUT2D eigenvalue weighted by Gasteiger charge is 2.22. The average molecular weight is 320 g/mol. The topological polar surface area (TPSA) is 48.3 Å². The zero-order valence-electron chi connectivity index (χ0n) is 12.8. The Morgan fingerprint density at radius 2 is 1.82 bits per heavy atom. The first kappa shape index (κ1) is 16.3. The van der Waals surface area contributed by atoms with Crippen LogP contribution < -0.4 is 0 Å². The van der Waals surface area contributed by atoms with Crippen LogP contribution in [-0.4, -0.2) is 22.9 Å². The number of ketones is 1. The molecule has 1 aromatic heterocycles. The molecule has 0 fully saturated rings. The summed E-state index contributed by atoms with van der Waals surface area (Å²) in [7, 11) is 1.77. The maximum atomic E-state index is 12.5. The minimum atomic E-state index is -0.420. The fourth-order valence-corrected chi connectivity index (χ4v) is 2.45. The molecule has 0 amide bonds. The van der Waals surface area contributed by atoms with E-state index in [9.17, 15) is 9.59 Å². The molecule has 0 radical (unpaired) electrons. The van der Waals surface area contributed by atoms with Crippen LogP contribution >= 0.6 is 11.6 Å². The molecule has 22 heavy (non-hydrogen) atoms. The Bertz CT molecular complexity index is 688. The number of nitrogens with zero attached hydrogens (tertiary/aromatic N) is 1. The number of rotatable bonds is 5. The van der Waals surface area contributed by atoms with Gasteiger partial charge in [0.15, 0.2) is 0 Å². The van der Waals surface area contributed by atoms with Crippen molar-refractivity contribution in [2.45, 2.75) is 19.8 Å². The van der Waals surface area contributed by atoms with Gasteiger partial charge in [0.2, 0.25) is 5.78 Å².